The van der Waals surface area contributed by atoms with Gasteiger partial charge in [0.05, 0.1) is 29.5 Å². The molecule has 0 radical (unpaired) electrons. The van der Waals surface area contributed by atoms with E-state index in [1.165, 1.54) is 0 Å². The molecule has 0 aromatic carbocycles. The minimum Gasteiger partial charge on any atom is -0.338 e. The third-order valence-electron chi connectivity index (χ3n) is 2.39. The predicted octanol–water partition coefficient (Wildman–Crippen LogP) is 1.72. The number of carbonyl (C=O) groups is 1. The summed E-state index contributed by atoms with van der Waals surface area (Å²) in [6.45, 7) is 4.29. The van der Waals surface area contributed by atoms with Crippen molar-refractivity contribution >= 4 is 11.7 Å². The molecule has 94 valence electrons. The highest BCUT2D eigenvalue weighted by atomic mass is 16.2. The van der Waals surface area contributed by atoms with Gasteiger partial charge in [-0.15, -0.1) is 0 Å². The highest BCUT2D eigenvalue weighted by Crippen LogP contribution is 2.15. The van der Waals surface area contributed by atoms with Gasteiger partial charge in [0.15, 0.2) is 0 Å². The molecule has 6 nitrogen and oxygen atoms in total. The molecule has 2 aromatic heterocycles. The minimum atomic E-state index is -0.230. The van der Waals surface area contributed by atoms with Crippen LogP contribution in [0.5, 0.6) is 0 Å². The van der Waals surface area contributed by atoms with E-state index in [-0.39, 0.29) is 6.03 Å². The van der Waals surface area contributed by atoms with E-state index < -0.39 is 0 Å². The van der Waals surface area contributed by atoms with Crippen LogP contribution in [0.2, 0.25) is 0 Å². The van der Waals surface area contributed by atoms with Gasteiger partial charge < -0.3 is 10.6 Å². The van der Waals surface area contributed by atoms with Crippen LogP contribution in [0, 0.1) is 6.92 Å². The predicted molar refractivity (Wildman–Crippen MR) is 68.8 cm³/mol. The smallest absolute Gasteiger partial charge is 0.319 e. The summed E-state index contributed by atoms with van der Waals surface area (Å²) in [7, 11) is 0. The van der Waals surface area contributed by atoms with E-state index >= 15 is 0 Å². The van der Waals surface area contributed by atoms with Crippen molar-refractivity contribution in [3.63, 3.8) is 0 Å². The lowest BCUT2D eigenvalue weighted by atomic mass is 10.4. The Bertz CT molecular complexity index is 535. The van der Waals surface area contributed by atoms with Crippen molar-refractivity contribution in [3.8, 4) is 5.69 Å². The fourth-order valence-electron chi connectivity index (χ4n) is 1.53. The Morgan fingerprint density at radius 1 is 1.50 bits per heavy atom. The zero-order valence-corrected chi connectivity index (χ0v) is 10.3. The second-order valence-corrected chi connectivity index (χ2v) is 3.77. The van der Waals surface area contributed by atoms with Gasteiger partial charge in [0.1, 0.15) is 0 Å². The lowest BCUT2D eigenvalue weighted by Crippen LogP contribution is -2.28. The summed E-state index contributed by atoms with van der Waals surface area (Å²) >= 11 is 0. The number of anilines is 1. The van der Waals surface area contributed by atoms with Crippen LogP contribution in [0.3, 0.4) is 0 Å². The van der Waals surface area contributed by atoms with Gasteiger partial charge in [-0.1, -0.05) is 0 Å². The number of urea groups is 1. The van der Waals surface area contributed by atoms with Crippen molar-refractivity contribution in [2.24, 2.45) is 0 Å². The first-order valence-corrected chi connectivity index (χ1v) is 5.72. The number of carbonyl (C=O) groups excluding carboxylic acids is 1. The molecule has 6 heteroatoms. The Labute approximate surface area is 105 Å². The fraction of sp³-hybridized carbons (Fsp3) is 0.250. The Morgan fingerprint density at radius 2 is 2.33 bits per heavy atom. The Hall–Kier alpha value is -2.37. The van der Waals surface area contributed by atoms with E-state index in [4.69, 9.17) is 0 Å². The van der Waals surface area contributed by atoms with Gasteiger partial charge in [-0.05, 0) is 26.0 Å². The Morgan fingerprint density at radius 3 is 3.00 bits per heavy atom. The molecule has 0 aliphatic rings. The zero-order valence-electron chi connectivity index (χ0n) is 10.3. The van der Waals surface area contributed by atoms with E-state index in [0.717, 1.165) is 11.4 Å². The summed E-state index contributed by atoms with van der Waals surface area (Å²) in [6, 6.07) is 3.50. The molecule has 0 aliphatic heterocycles. The number of nitrogens with zero attached hydrogens (tertiary/aromatic N) is 3. The lowest BCUT2D eigenvalue weighted by molar-refractivity contribution is 0.252. The van der Waals surface area contributed by atoms with Gasteiger partial charge in [0.2, 0.25) is 0 Å². The Kier molecular flexibility index (Phi) is 3.57. The molecule has 0 saturated heterocycles. The molecule has 2 heterocycles. The molecule has 0 aliphatic carbocycles. The summed E-state index contributed by atoms with van der Waals surface area (Å²) in [6.07, 6.45) is 5.18. The third-order valence-corrected chi connectivity index (χ3v) is 2.39. The van der Waals surface area contributed by atoms with Gasteiger partial charge in [-0.25, -0.2) is 9.48 Å². The second-order valence-electron chi connectivity index (χ2n) is 3.77. The quantitative estimate of drug-likeness (QED) is 0.864. The molecule has 18 heavy (non-hydrogen) atoms. The van der Waals surface area contributed by atoms with Crippen LogP contribution in [0.25, 0.3) is 5.69 Å². The first kappa shape index (κ1) is 12.1. The highest BCUT2D eigenvalue weighted by Gasteiger charge is 2.08. The third kappa shape index (κ3) is 2.65. The molecule has 2 amide bonds. The maximum atomic E-state index is 11.4. The van der Waals surface area contributed by atoms with Crippen LogP contribution in [0.15, 0.2) is 30.7 Å². The number of aromatic nitrogens is 3. The van der Waals surface area contributed by atoms with Crippen molar-refractivity contribution in [2.75, 3.05) is 11.9 Å². The monoisotopic (exact) mass is 245 g/mol. The molecule has 0 fully saturated rings. The van der Waals surface area contributed by atoms with Crippen LogP contribution in [0.1, 0.15) is 12.6 Å². The maximum Gasteiger partial charge on any atom is 0.319 e. The normalized spacial score (nSPS) is 10.1. The average Bonchev–Trinajstić information content (AvgIpc) is 2.72. The van der Waals surface area contributed by atoms with E-state index in [9.17, 15) is 4.79 Å². The van der Waals surface area contributed by atoms with Crippen LogP contribution < -0.4 is 10.6 Å². The molecule has 2 N–H and O–H groups in total. The first-order valence-electron chi connectivity index (χ1n) is 5.72. The van der Waals surface area contributed by atoms with E-state index in [0.29, 0.717) is 12.2 Å². The molecule has 0 bridgehead atoms. The largest absolute Gasteiger partial charge is 0.338 e. The number of rotatable bonds is 3. The number of hydrogen-bond donors (Lipinski definition) is 2. The van der Waals surface area contributed by atoms with Crippen molar-refractivity contribution in [2.45, 2.75) is 13.8 Å². The average molecular weight is 245 g/mol. The number of pyridine rings is 1. The SMILES string of the molecule is CCNC(=O)Nc1cn(-c2cccnc2)nc1C. The molecule has 2 rings (SSSR count). The van der Waals surface area contributed by atoms with Crippen molar-refractivity contribution in [1.82, 2.24) is 20.1 Å². The summed E-state index contributed by atoms with van der Waals surface area (Å²) in [4.78, 5) is 15.5. The van der Waals surface area contributed by atoms with Gasteiger partial charge in [0.25, 0.3) is 0 Å². The van der Waals surface area contributed by atoms with E-state index in [1.54, 1.807) is 23.3 Å². The molecule has 0 atom stereocenters. The number of amides is 2. The maximum absolute atomic E-state index is 11.4. The summed E-state index contributed by atoms with van der Waals surface area (Å²) in [5.74, 6) is 0. The molecular weight excluding hydrogens is 230 g/mol. The zero-order chi connectivity index (χ0) is 13.0. The molecule has 0 unspecified atom stereocenters. The van der Waals surface area contributed by atoms with E-state index in [1.807, 2.05) is 26.0 Å². The van der Waals surface area contributed by atoms with Crippen LogP contribution in [-0.4, -0.2) is 27.3 Å². The Balaban J connectivity index is 2.20. The van der Waals surface area contributed by atoms with Crippen LogP contribution in [-0.2, 0) is 0 Å². The van der Waals surface area contributed by atoms with Gasteiger partial charge in [0, 0.05) is 12.7 Å². The lowest BCUT2D eigenvalue weighted by Gasteiger charge is -2.03. The first-order chi connectivity index (χ1) is 8.70. The minimum absolute atomic E-state index is 0.230. The second kappa shape index (κ2) is 5.31. The molecule has 0 saturated carbocycles. The van der Waals surface area contributed by atoms with Crippen LogP contribution >= 0.6 is 0 Å². The topological polar surface area (TPSA) is 71.8 Å². The van der Waals surface area contributed by atoms with Crippen molar-refractivity contribution in [1.29, 1.82) is 0 Å². The van der Waals surface area contributed by atoms with Gasteiger partial charge >= 0.3 is 6.03 Å². The van der Waals surface area contributed by atoms with E-state index in [2.05, 4.69) is 20.7 Å². The standard InChI is InChI=1S/C12H15N5O/c1-3-14-12(18)15-11-8-17(16-9(11)2)10-5-4-6-13-7-10/h4-8H,3H2,1-2H3,(H2,14,15,18). The number of nitrogens with one attached hydrogen (secondary N) is 2. The number of hydrogen-bond acceptors (Lipinski definition) is 3. The number of aryl methyl sites for hydroxylation is 1. The summed E-state index contributed by atoms with van der Waals surface area (Å²) < 4.78 is 1.68. The van der Waals surface area contributed by atoms with Crippen molar-refractivity contribution < 1.29 is 4.79 Å². The summed E-state index contributed by atoms with van der Waals surface area (Å²) in [5, 5.41) is 9.75. The highest BCUT2D eigenvalue weighted by molar-refractivity contribution is 5.89. The molecule has 0 spiro atoms. The van der Waals surface area contributed by atoms with Crippen molar-refractivity contribution in [3.05, 3.63) is 36.4 Å². The van der Waals surface area contributed by atoms with Gasteiger partial charge in [-0.2, -0.15) is 5.10 Å². The van der Waals surface area contributed by atoms with Gasteiger partial charge in [-0.3, -0.25) is 4.98 Å². The van der Waals surface area contributed by atoms with Crippen LogP contribution in [0.4, 0.5) is 10.5 Å². The fourth-order valence-corrected chi connectivity index (χ4v) is 1.53. The molecule has 2 aromatic rings. The molecular formula is C12H15N5O. The summed E-state index contributed by atoms with van der Waals surface area (Å²) in [5.41, 5.74) is 2.29.